The number of rotatable bonds is 24. The Balaban J connectivity index is 0.911. The van der Waals surface area contributed by atoms with E-state index in [2.05, 4.69) is 54.9 Å². The minimum absolute atomic E-state index is 0.0481. The Bertz CT molecular complexity index is 3540. The molecule has 2 aliphatic rings. The largest absolute Gasteiger partial charge is 0.481 e. The molecule has 0 fully saturated rings. The fraction of sp³-hybridized carbons (Fsp3) is 0.400. The lowest BCUT2D eigenvalue weighted by Crippen LogP contribution is -2.54. The monoisotopic (exact) mass is 1200 g/mol. The first-order valence-corrected chi connectivity index (χ1v) is 30.2. The third-order valence-corrected chi connectivity index (χ3v) is 16.6. The normalized spacial score (nSPS) is 14.9. The highest BCUT2D eigenvalue weighted by molar-refractivity contribution is 6.03. The van der Waals surface area contributed by atoms with E-state index in [9.17, 15) is 37.5 Å². The smallest absolute Gasteiger partial charge is 0.251 e. The number of pyridine rings is 2. The van der Waals surface area contributed by atoms with Gasteiger partial charge in [-0.25, -0.2) is 8.78 Å². The van der Waals surface area contributed by atoms with Gasteiger partial charge < -0.3 is 50.5 Å². The lowest BCUT2D eigenvalue weighted by Gasteiger charge is -2.28. The van der Waals surface area contributed by atoms with Crippen LogP contribution in [0.5, 0.6) is 11.5 Å². The average Bonchev–Trinajstić information content (AvgIpc) is 2.38. The van der Waals surface area contributed by atoms with E-state index in [1.54, 1.807) is 60.3 Å². The molecule has 0 bridgehead atoms. The number of carbonyl (C=O) groups is 4. The number of hydrogen-bond donors (Lipinski definition) is 6. The molecule has 0 spiro atoms. The number of nitrogens with zero attached hydrogens (tertiary/aromatic N) is 2. The number of likely N-dealkylation sites (N-methyl/N-ethyl adjacent to an activating group) is 2. The second-order valence-corrected chi connectivity index (χ2v) is 23.8. The Morgan fingerprint density at radius 3 is 1.25 bits per heavy atom. The van der Waals surface area contributed by atoms with E-state index in [4.69, 9.17) is 9.47 Å². The van der Waals surface area contributed by atoms with Crippen LogP contribution in [0.25, 0.3) is 0 Å². The van der Waals surface area contributed by atoms with E-state index < -0.39 is 35.0 Å². The summed E-state index contributed by atoms with van der Waals surface area (Å²) >= 11 is 0. The molecule has 6 N–H and O–H groups in total. The first-order chi connectivity index (χ1) is 42.1. The van der Waals surface area contributed by atoms with Gasteiger partial charge in [0.15, 0.2) is 0 Å². The summed E-state index contributed by atoms with van der Waals surface area (Å²) in [5, 5.41) is 12.2. The van der Waals surface area contributed by atoms with Crippen LogP contribution in [0.2, 0.25) is 0 Å². The molecular weight excluding hydrogens is 1120 g/mol. The van der Waals surface area contributed by atoms with Crippen molar-refractivity contribution in [3.8, 4) is 35.2 Å². The number of aryl methyl sites for hydroxylation is 2. The molecule has 0 aliphatic carbocycles. The first kappa shape index (κ1) is 65.1. The Labute approximate surface area is 514 Å². The molecule has 8 rings (SSSR count). The standard InChI is InChI=1S/C70H80F2N8O8/c1-11-45-35-53(29-23-47(45)37-57(75-65(83)55(13-3)73-9)67(85)79-41-69(5,6)61-59(79)39-49(63(81)77-61)33-43-19-25-51(71)26-20-43)87-31-17-15-16-18-32-88-54-30-24-48(46(12-2)36-54)38-58(76-66(84)56(14-4)74-10)68(86)80-42-70(7,8)62-60(80)40-50(64(82)78-62)34-44-21-27-52(72)28-22-44/h19-30,35-36,39-40,55-58,73-74H,11-14,31-34,37-38,41-42H2,1-10H3,(H,75,83)(H,76,84)(H,77,81)(H,78,82)/t55-,56-,57-,58-/m0/s1. The van der Waals surface area contributed by atoms with Crippen molar-refractivity contribution in [2.24, 2.45) is 0 Å². The van der Waals surface area contributed by atoms with Gasteiger partial charge in [-0.05, 0) is 158 Å². The molecule has 18 heteroatoms. The van der Waals surface area contributed by atoms with Crippen LogP contribution in [0.15, 0.2) is 107 Å². The number of H-pyrrole nitrogens is 2. The van der Waals surface area contributed by atoms with Gasteiger partial charge in [-0.15, -0.1) is 0 Å². The highest BCUT2D eigenvalue weighted by atomic mass is 19.1. The quantitative estimate of drug-likeness (QED) is 0.0324. The van der Waals surface area contributed by atoms with Gasteiger partial charge in [0.1, 0.15) is 48.4 Å². The van der Waals surface area contributed by atoms with Crippen molar-refractivity contribution in [2.75, 3.05) is 50.2 Å². The molecule has 2 aliphatic heterocycles. The van der Waals surface area contributed by atoms with E-state index in [-0.39, 0.29) is 98.4 Å². The number of anilines is 2. The lowest BCUT2D eigenvalue weighted by atomic mass is 9.91. The van der Waals surface area contributed by atoms with Crippen LogP contribution in [-0.4, -0.2) is 98.2 Å². The third-order valence-electron chi connectivity index (χ3n) is 16.6. The number of ether oxygens (including phenoxy) is 2. The number of aromatic nitrogens is 2. The fourth-order valence-corrected chi connectivity index (χ4v) is 11.6. The molecule has 6 aromatic rings. The van der Waals surface area contributed by atoms with Crippen LogP contribution in [-0.2, 0) is 68.5 Å². The minimum atomic E-state index is -0.961. The lowest BCUT2D eigenvalue weighted by molar-refractivity contribution is -0.128. The van der Waals surface area contributed by atoms with Crippen molar-refractivity contribution in [3.05, 3.63) is 185 Å². The molecule has 4 amide bonds. The molecule has 16 nitrogen and oxygen atoms in total. The summed E-state index contributed by atoms with van der Waals surface area (Å²) in [5.74, 6) is 10.6. The van der Waals surface area contributed by atoms with Crippen molar-refractivity contribution in [2.45, 2.75) is 142 Å². The van der Waals surface area contributed by atoms with E-state index in [0.29, 0.717) is 71.1 Å². The van der Waals surface area contributed by atoms with Crippen molar-refractivity contribution in [1.29, 1.82) is 0 Å². The molecule has 0 saturated heterocycles. The minimum Gasteiger partial charge on any atom is -0.481 e. The van der Waals surface area contributed by atoms with Crippen LogP contribution in [0.1, 0.15) is 124 Å². The summed E-state index contributed by atoms with van der Waals surface area (Å²) in [4.78, 5) is 93.3. The highest BCUT2D eigenvalue weighted by Gasteiger charge is 2.44. The molecule has 462 valence electrons. The Hall–Kier alpha value is -8.84. The molecule has 0 radical (unpaired) electrons. The van der Waals surface area contributed by atoms with E-state index in [0.717, 1.165) is 33.4 Å². The van der Waals surface area contributed by atoms with Crippen molar-refractivity contribution in [1.82, 2.24) is 31.2 Å². The van der Waals surface area contributed by atoms with E-state index >= 15 is 0 Å². The number of amides is 4. The van der Waals surface area contributed by atoms with Gasteiger partial charge in [-0.1, -0.05) is 91.8 Å². The Kier molecular flexibility index (Phi) is 21.3. The Morgan fingerprint density at radius 1 is 0.534 bits per heavy atom. The molecule has 0 saturated carbocycles. The molecule has 2 aromatic heterocycles. The SMILES string of the molecule is CCc1cc(OCC#CC#CCOc2ccc(C[C@H](NC(=O)[C@H](CC)NC)C(=O)N3CC(C)(C)c4[nH]c(=O)c(Cc5ccc(F)cc5)cc43)c(CC)c2)ccc1C[C@H](NC(=O)[C@H](CC)NC)C(=O)N1CC(C)(C)c2[nH]c(=O)c(Cc3ccc(F)cc3)cc21. The van der Waals surface area contributed by atoms with Gasteiger partial charge in [0, 0.05) is 72.1 Å². The summed E-state index contributed by atoms with van der Waals surface area (Å²) in [6, 6.07) is 23.6. The second kappa shape index (κ2) is 28.8. The summed E-state index contributed by atoms with van der Waals surface area (Å²) < 4.78 is 39.5. The summed E-state index contributed by atoms with van der Waals surface area (Å²) in [6.07, 6.45) is 3.07. The van der Waals surface area contributed by atoms with Crippen LogP contribution >= 0.6 is 0 Å². The summed E-state index contributed by atoms with van der Waals surface area (Å²) in [5.41, 5.74) is 6.49. The predicted molar refractivity (Wildman–Crippen MR) is 339 cm³/mol. The number of halogens is 2. The molecule has 4 aromatic carbocycles. The zero-order valence-corrected chi connectivity index (χ0v) is 51.9. The third kappa shape index (κ3) is 15.5. The van der Waals surface area contributed by atoms with Crippen LogP contribution in [0.3, 0.4) is 0 Å². The number of hydrogen-bond acceptors (Lipinski definition) is 10. The van der Waals surface area contributed by atoms with Crippen LogP contribution in [0, 0.1) is 35.3 Å². The van der Waals surface area contributed by atoms with Gasteiger partial charge in [-0.3, -0.25) is 28.8 Å². The molecule has 0 unspecified atom stereocenters. The second-order valence-electron chi connectivity index (χ2n) is 23.8. The van der Waals surface area contributed by atoms with Gasteiger partial charge in [0.25, 0.3) is 11.1 Å². The highest BCUT2D eigenvalue weighted by Crippen LogP contribution is 2.41. The van der Waals surface area contributed by atoms with Gasteiger partial charge in [0.2, 0.25) is 23.6 Å². The number of aromatic amines is 2. The van der Waals surface area contributed by atoms with Gasteiger partial charge in [0.05, 0.1) is 23.5 Å². The van der Waals surface area contributed by atoms with Crippen molar-refractivity contribution >= 4 is 35.0 Å². The predicted octanol–water partition coefficient (Wildman–Crippen LogP) is 7.81. The number of fused-ring (bicyclic) bond motifs is 2. The molecule has 4 atom stereocenters. The zero-order valence-electron chi connectivity index (χ0n) is 51.9. The molecular formula is C70H80F2N8O8. The molecule has 88 heavy (non-hydrogen) atoms. The maximum atomic E-state index is 14.9. The van der Waals surface area contributed by atoms with Gasteiger partial charge in [-0.2, -0.15) is 0 Å². The maximum Gasteiger partial charge on any atom is 0.251 e. The fourth-order valence-electron chi connectivity index (χ4n) is 11.6. The van der Waals surface area contributed by atoms with Crippen molar-refractivity contribution < 1.29 is 37.4 Å². The van der Waals surface area contributed by atoms with E-state index in [1.807, 2.05) is 91.8 Å². The van der Waals surface area contributed by atoms with Crippen LogP contribution < -0.4 is 51.7 Å². The van der Waals surface area contributed by atoms with Crippen LogP contribution in [0.4, 0.5) is 20.2 Å². The first-order valence-electron chi connectivity index (χ1n) is 30.2. The summed E-state index contributed by atoms with van der Waals surface area (Å²) in [6.45, 7) is 16.3. The zero-order chi connectivity index (χ0) is 63.5. The summed E-state index contributed by atoms with van der Waals surface area (Å²) in [7, 11) is 3.41. The topological polar surface area (TPSA) is 207 Å². The number of benzene rings is 4. The van der Waals surface area contributed by atoms with Gasteiger partial charge >= 0.3 is 0 Å². The average molecular weight is 1200 g/mol. The van der Waals surface area contributed by atoms with E-state index in [1.165, 1.54) is 24.3 Å². The Morgan fingerprint density at radius 2 is 0.909 bits per heavy atom. The van der Waals surface area contributed by atoms with Crippen molar-refractivity contribution in [3.63, 3.8) is 0 Å². The number of nitrogens with one attached hydrogen (secondary N) is 6. The number of carbonyl (C=O) groups excluding carboxylic acids is 4. The molecule has 4 heterocycles. The maximum absolute atomic E-state index is 14.9.